The number of aliphatic hydroxyl groups is 1. The fourth-order valence-corrected chi connectivity index (χ4v) is 1.29. The maximum absolute atomic E-state index is 8.94. The third-order valence-corrected chi connectivity index (χ3v) is 1.70. The lowest BCUT2D eigenvalue weighted by Crippen LogP contribution is -2.25. The van der Waals surface area contributed by atoms with Crippen molar-refractivity contribution in [3.8, 4) is 0 Å². The van der Waals surface area contributed by atoms with Gasteiger partial charge in [0.1, 0.15) is 0 Å². The van der Waals surface area contributed by atoms with Gasteiger partial charge in [0.05, 0.1) is 38.1 Å². The summed E-state index contributed by atoms with van der Waals surface area (Å²) >= 11 is 0. The van der Waals surface area contributed by atoms with Crippen LogP contribution in [0.4, 0.5) is 0 Å². The van der Waals surface area contributed by atoms with Crippen LogP contribution in [0.2, 0.25) is 0 Å². The van der Waals surface area contributed by atoms with Crippen LogP contribution in [0, 0.1) is 0 Å². The maximum Gasteiger partial charge on any atom is 0.0788 e. The van der Waals surface area contributed by atoms with Gasteiger partial charge in [-0.3, -0.25) is 0 Å². The fraction of sp³-hybridized carbons (Fsp3) is 1.00. The number of ether oxygens (including phenoxy) is 2. The van der Waals surface area contributed by atoms with Crippen molar-refractivity contribution in [3.05, 3.63) is 0 Å². The van der Waals surface area contributed by atoms with Gasteiger partial charge in [-0.15, -0.1) is 0 Å². The molecule has 4 atom stereocenters. The third-order valence-electron chi connectivity index (χ3n) is 1.51. The minimum atomic E-state index is -0.421. The molecule has 14 heavy (non-hydrogen) atoms. The highest BCUT2D eigenvalue weighted by Crippen LogP contribution is 2.01. The van der Waals surface area contributed by atoms with E-state index in [1.165, 1.54) is 0 Å². The topological polar surface area (TPSA) is 47.9 Å². The summed E-state index contributed by atoms with van der Waals surface area (Å²) in [5.74, 6) is 0. The van der Waals surface area contributed by atoms with Crippen LogP contribution in [0.15, 0.2) is 0 Å². The van der Waals surface area contributed by atoms with Crippen LogP contribution in [-0.2, 0) is 14.0 Å². The van der Waals surface area contributed by atoms with Crippen LogP contribution < -0.4 is 0 Å². The fourth-order valence-electron chi connectivity index (χ4n) is 1.02. The summed E-state index contributed by atoms with van der Waals surface area (Å²) in [6.45, 7) is 6.95. The molecule has 0 aromatic heterocycles. The molecule has 0 aromatic rings. The van der Waals surface area contributed by atoms with Gasteiger partial charge in [0.15, 0.2) is 0 Å². The van der Waals surface area contributed by atoms with Gasteiger partial charge in [0, 0.05) is 9.47 Å². The van der Waals surface area contributed by atoms with Crippen LogP contribution >= 0.6 is 9.47 Å². The molecule has 0 spiro atoms. The van der Waals surface area contributed by atoms with Gasteiger partial charge < -0.3 is 19.1 Å². The van der Waals surface area contributed by atoms with Gasteiger partial charge >= 0.3 is 0 Å². The molecule has 5 heteroatoms. The summed E-state index contributed by atoms with van der Waals surface area (Å²) in [5.41, 5.74) is 0. The molecule has 1 N–H and O–H groups in total. The molecule has 0 saturated heterocycles. The standard InChI is InChI=1S/C9H21O4P/c1-7(10)4-11-5-8(2)13-9(3)6-12-14/h7-10H,4-6,14H2,1-3H3. The van der Waals surface area contributed by atoms with Crippen LogP contribution in [0.1, 0.15) is 20.8 Å². The first kappa shape index (κ1) is 14.3. The molecule has 4 nitrogen and oxygen atoms in total. The first-order chi connectivity index (χ1) is 6.56. The number of hydrogen-bond donors (Lipinski definition) is 1. The van der Waals surface area contributed by atoms with Crippen LogP contribution in [0.3, 0.4) is 0 Å². The molecular formula is C9H21O4P. The van der Waals surface area contributed by atoms with E-state index in [1.54, 1.807) is 6.92 Å². The SMILES string of the molecule is CC(O)COCC(C)OC(C)COP. The maximum atomic E-state index is 8.94. The average Bonchev–Trinajstić information content (AvgIpc) is 2.03. The first-order valence-electron chi connectivity index (χ1n) is 4.79. The van der Waals surface area contributed by atoms with E-state index in [2.05, 4.69) is 9.47 Å². The molecule has 0 aliphatic carbocycles. The van der Waals surface area contributed by atoms with E-state index < -0.39 is 6.10 Å². The van der Waals surface area contributed by atoms with Crippen LogP contribution in [0.25, 0.3) is 0 Å². The molecule has 0 saturated carbocycles. The Morgan fingerprint density at radius 3 is 2.14 bits per heavy atom. The number of rotatable bonds is 8. The van der Waals surface area contributed by atoms with E-state index in [9.17, 15) is 0 Å². The molecule has 0 radical (unpaired) electrons. The summed E-state index contributed by atoms with van der Waals surface area (Å²) in [7, 11) is 2.19. The van der Waals surface area contributed by atoms with Crippen molar-refractivity contribution < 1.29 is 19.1 Å². The van der Waals surface area contributed by atoms with E-state index in [1.807, 2.05) is 13.8 Å². The van der Waals surface area contributed by atoms with Crippen molar-refractivity contribution in [2.24, 2.45) is 0 Å². The van der Waals surface area contributed by atoms with Gasteiger partial charge in [-0.1, -0.05) is 0 Å². The smallest absolute Gasteiger partial charge is 0.0788 e. The lowest BCUT2D eigenvalue weighted by molar-refractivity contribution is -0.0635. The molecule has 0 fully saturated rings. The molecule has 0 aromatic carbocycles. The first-order valence-corrected chi connectivity index (χ1v) is 5.26. The van der Waals surface area contributed by atoms with Crippen molar-refractivity contribution >= 4 is 9.47 Å². The van der Waals surface area contributed by atoms with Crippen molar-refractivity contribution in [1.82, 2.24) is 0 Å². The zero-order valence-electron chi connectivity index (χ0n) is 9.10. The Hall–Kier alpha value is 0.270. The molecule has 0 rings (SSSR count). The highest BCUT2D eigenvalue weighted by atomic mass is 31.0. The quantitative estimate of drug-likeness (QED) is 0.624. The molecule has 0 amide bonds. The van der Waals surface area contributed by atoms with Gasteiger partial charge in [0.2, 0.25) is 0 Å². The second-order valence-electron chi connectivity index (χ2n) is 3.48. The van der Waals surface area contributed by atoms with Gasteiger partial charge in [-0.25, -0.2) is 0 Å². The van der Waals surface area contributed by atoms with Crippen molar-refractivity contribution in [2.75, 3.05) is 19.8 Å². The highest BCUT2D eigenvalue weighted by Gasteiger charge is 2.08. The number of hydrogen-bond acceptors (Lipinski definition) is 4. The van der Waals surface area contributed by atoms with Crippen molar-refractivity contribution in [2.45, 2.75) is 39.1 Å². The van der Waals surface area contributed by atoms with Gasteiger partial charge in [0.25, 0.3) is 0 Å². The predicted molar refractivity (Wildman–Crippen MR) is 58.2 cm³/mol. The highest BCUT2D eigenvalue weighted by molar-refractivity contribution is 7.09. The average molecular weight is 224 g/mol. The lowest BCUT2D eigenvalue weighted by atomic mass is 10.4. The molecule has 0 bridgehead atoms. The van der Waals surface area contributed by atoms with Crippen molar-refractivity contribution in [3.63, 3.8) is 0 Å². The molecular weight excluding hydrogens is 203 g/mol. The minimum absolute atomic E-state index is 0.0175. The molecule has 0 aliphatic heterocycles. The summed E-state index contributed by atoms with van der Waals surface area (Å²) < 4.78 is 15.6. The lowest BCUT2D eigenvalue weighted by Gasteiger charge is -2.18. The Balaban J connectivity index is 3.39. The Labute approximate surface area is 88.2 Å². The molecule has 0 heterocycles. The van der Waals surface area contributed by atoms with Crippen LogP contribution in [-0.4, -0.2) is 43.2 Å². The Bertz CT molecular complexity index is 132. The van der Waals surface area contributed by atoms with E-state index in [-0.39, 0.29) is 12.2 Å². The van der Waals surface area contributed by atoms with E-state index in [0.717, 1.165) is 0 Å². The molecule has 4 unspecified atom stereocenters. The van der Waals surface area contributed by atoms with Gasteiger partial charge in [-0.2, -0.15) is 0 Å². The second kappa shape index (κ2) is 8.57. The van der Waals surface area contributed by atoms with Gasteiger partial charge in [-0.05, 0) is 20.8 Å². The minimum Gasteiger partial charge on any atom is -0.391 e. The monoisotopic (exact) mass is 224 g/mol. The third kappa shape index (κ3) is 8.85. The summed E-state index contributed by atoms with van der Waals surface area (Å²) in [4.78, 5) is 0. The Kier molecular flexibility index (Phi) is 8.73. The molecule has 0 aliphatic rings. The normalized spacial score (nSPS) is 17.8. The van der Waals surface area contributed by atoms with Crippen LogP contribution in [0.5, 0.6) is 0 Å². The zero-order chi connectivity index (χ0) is 11.0. The summed E-state index contributed by atoms with van der Waals surface area (Å²) in [6.07, 6.45) is -0.350. The summed E-state index contributed by atoms with van der Waals surface area (Å²) in [6, 6.07) is 0. The Morgan fingerprint density at radius 1 is 1.07 bits per heavy atom. The molecule has 86 valence electrons. The number of aliphatic hydroxyl groups excluding tert-OH is 1. The zero-order valence-corrected chi connectivity index (χ0v) is 10.3. The largest absolute Gasteiger partial charge is 0.391 e. The van der Waals surface area contributed by atoms with E-state index >= 15 is 0 Å². The second-order valence-corrected chi connectivity index (χ2v) is 3.81. The summed E-state index contributed by atoms with van der Waals surface area (Å²) in [5, 5.41) is 8.94. The predicted octanol–water partition coefficient (Wildman–Crippen LogP) is 0.984. The Morgan fingerprint density at radius 2 is 1.64 bits per heavy atom. The van der Waals surface area contributed by atoms with E-state index in [4.69, 9.17) is 19.1 Å². The van der Waals surface area contributed by atoms with Crippen molar-refractivity contribution in [1.29, 1.82) is 0 Å². The van der Waals surface area contributed by atoms with E-state index in [0.29, 0.717) is 19.8 Å².